The number of nitriles is 1. The summed E-state index contributed by atoms with van der Waals surface area (Å²) < 4.78 is 25.2. The Hall–Kier alpha value is -3.70. The van der Waals surface area contributed by atoms with Crippen LogP contribution in [0.5, 0.6) is 0 Å². The maximum atomic E-state index is 13.8. The lowest BCUT2D eigenvalue weighted by atomic mass is 9.97. The Morgan fingerprint density at radius 2 is 1.27 bits per heavy atom. The molecule has 0 bridgehead atoms. The van der Waals surface area contributed by atoms with Crippen molar-refractivity contribution in [1.29, 1.82) is 5.26 Å². The van der Waals surface area contributed by atoms with Crippen molar-refractivity contribution in [2.45, 2.75) is 77.4 Å². The van der Waals surface area contributed by atoms with Crippen LogP contribution < -0.4 is 0 Å². The van der Waals surface area contributed by atoms with Crippen molar-refractivity contribution in [1.82, 2.24) is 4.90 Å². The number of hydrogen-bond donors (Lipinski definition) is 0. The highest BCUT2D eigenvalue weighted by Gasteiger charge is 2.55. The van der Waals surface area contributed by atoms with Crippen molar-refractivity contribution < 1.29 is 23.7 Å². The van der Waals surface area contributed by atoms with Crippen LogP contribution in [-0.4, -0.2) is 47.5 Å². The molecule has 3 aromatic rings. The zero-order chi connectivity index (χ0) is 29.2. The van der Waals surface area contributed by atoms with Gasteiger partial charge >= 0.3 is 6.09 Å². The van der Waals surface area contributed by atoms with Crippen molar-refractivity contribution in [2.24, 2.45) is 5.92 Å². The average Bonchev–Trinajstić information content (AvgIpc) is 3.28. The average molecular weight is 557 g/mol. The molecular weight excluding hydrogens is 516 g/mol. The van der Waals surface area contributed by atoms with Gasteiger partial charge < -0.3 is 18.9 Å². The van der Waals surface area contributed by atoms with Gasteiger partial charge in [0.1, 0.15) is 17.8 Å². The Morgan fingerprint density at radius 3 is 1.73 bits per heavy atom. The lowest BCUT2D eigenvalue weighted by Gasteiger charge is -2.34. The van der Waals surface area contributed by atoms with Crippen LogP contribution in [0.3, 0.4) is 0 Å². The van der Waals surface area contributed by atoms with E-state index in [-0.39, 0.29) is 6.61 Å². The normalized spacial score (nSPS) is 21.3. The van der Waals surface area contributed by atoms with Gasteiger partial charge in [-0.2, -0.15) is 5.26 Å². The van der Waals surface area contributed by atoms with E-state index in [1.54, 1.807) is 4.90 Å². The van der Waals surface area contributed by atoms with Crippen LogP contribution in [0.25, 0.3) is 0 Å². The number of rotatable bonds is 11. The molecule has 216 valence electrons. The smallest absolute Gasteiger partial charge is 0.411 e. The van der Waals surface area contributed by atoms with Gasteiger partial charge in [0.25, 0.3) is 0 Å². The summed E-state index contributed by atoms with van der Waals surface area (Å²) in [5.74, 6) is -0.551. The number of amides is 1. The second-order valence-electron chi connectivity index (χ2n) is 11.4. The van der Waals surface area contributed by atoms with Crippen LogP contribution in [0, 0.1) is 17.2 Å². The van der Waals surface area contributed by atoms with Crippen LogP contribution in [0.15, 0.2) is 91.0 Å². The summed E-state index contributed by atoms with van der Waals surface area (Å²) in [5, 5.41) is 10.1. The molecule has 1 fully saturated rings. The molecular formula is C34H40N2O5. The highest BCUT2D eigenvalue weighted by atomic mass is 16.6. The predicted molar refractivity (Wildman–Crippen MR) is 157 cm³/mol. The molecule has 4 rings (SSSR count). The Balaban J connectivity index is 1.68. The molecule has 0 saturated carbocycles. The van der Waals surface area contributed by atoms with Gasteiger partial charge in [-0.05, 0) is 44.4 Å². The molecule has 1 aliphatic rings. The fourth-order valence-corrected chi connectivity index (χ4v) is 5.10. The summed E-state index contributed by atoms with van der Waals surface area (Å²) in [6.07, 6.45) is -1.67. The molecule has 41 heavy (non-hydrogen) atoms. The minimum Gasteiger partial charge on any atom is -0.444 e. The minimum atomic E-state index is -0.726. The number of ether oxygens (including phenoxy) is 4. The molecule has 0 spiro atoms. The van der Waals surface area contributed by atoms with Gasteiger partial charge in [-0.25, -0.2) is 4.79 Å². The monoisotopic (exact) mass is 556 g/mol. The van der Waals surface area contributed by atoms with Gasteiger partial charge in [-0.15, -0.1) is 0 Å². The topological polar surface area (TPSA) is 81.0 Å². The van der Waals surface area contributed by atoms with Crippen LogP contribution in [0.4, 0.5) is 4.79 Å². The third-order valence-corrected chi connectivity index (χ3v) is 7.01. The maximum absolute atomic E-state index is 13.8. The summed E-state index contributed by atoms with van der Waals surface area (Å²) >= 11 is 0. The van der Waals surface area contributed by atoms with Crippen LogP contribution in [0.2, 0.25) is 0 Å². The Bertz CT molecular complexity index is 1260. The highest BCUT2D eigenvalue weighted by Crippen LogP contribution is 2.37. The maximum Gasteiger partial charge on any atom is 0.411 e. The lowest BCUT2D eigenvalue weighted by Crippen LogP contribution is -2.50. The van der Waals surface area contributed by atoms with E-state index in [2.05, 4.69) is 6.07 Å². The van der Waals surface area contributed by atoms with Crippen molar-refractivity contribution in [3.63, 3.8) is 0 Å². The van der Waals surface area contributed by atoms with E-state index in [1.165, 1.54) is 0 Å². The van der Waals surface area contributed by atoms with E-state index in [4.69, 9.17) is 18.9 Å². The molecule has 0 aliphatic carbocycles. The minimum absolute atomic E-state index is 0.188. The van der Waals surface area contributed by atoms with E-state index in [0.29, 0.717) is 19.8 Å². The second-order valence-corrected chi connectivity index (χ2v) is 11.4. The molecule has 1 unspecified atom stereocenters. The Labute approximate surface area is 243 Å². The number of carbonyl (C=O) groups is 1. The van der Waals surface area contributed by atoms with Gasteiger partial charge in [0.15, 0.2) is 0 Å². The molecule has 3 aromatic carbocycles. The molecule has 5 atom stereocenters. The number of carbonyl (C=O) groups excluding carboxylic acids is 1. The molecule has 7 nitrogen and oxygen atoms in total. The SMILES string of the molecule is CC(C#N)[C@@H]1[C@@H](OCc2ccccc2)[C@@H](OCc2ccccc2)[C@@H](COCc2ccccc2)N1C(=O)OC(C)(C)C. The van der Waals surface area contributed by atoms with Crippen molar-refractivity contribution >= 4 is 6.09 Å². The largest absolute Gasteiger partial charge is 0.444 e. The van der Waals surface area contributed by atoms with E-state index in [0.717, 1.165) is 16.7 Å². The second kappa shape index (κ2) is 14.3. The third kappa shape index (κ3) is 8.40. The van der Waals surface area contributed by atoms with E-state index in [1.807, 2.05) is 119 Å². The van der Waals surface area contributed by atoms with E-state index in [9.17, 15) is 10.1 Å². The van der Waals surface area contributed by atoms with Gasteiger partial charge in [-0.3, -0.25) is 4.90 Å². The molecule has 0 aromatic heterocycles. The van der Waals surface area contributed by atoms with Crippen LogP contribution in [-0.2, 0) is 38.8 Å². The molecule has 1 amide bonds. The van der Waals surface area contributed by atoms with Gasteiger partial charge in [0.05, 0.1) is 50.5 Å². The molecule has 0 N–H and O–H groups in total. The van der Waals surface area contributed by atoms with Gasteiger partial charge in [-0.1, -0.05) is 91.0 Å². The van der Waals surface area contributed by atoms with E-state index < -0.39 is 41.9 Å². The summed E-state index contributed by atoms with van der Waals surface area (Å²) in [4.78, 5) is 15.4. The van der Waals surface area contributed by atoms with Crippen molar-refractivity contribution in [3.8, 4) is 6.07 Å². The van der Waals surface area contributed by atoms with Crippen molar-refractivity contribution in [3.05, 3.63) is 108 Å². The van der Waals surface area contributed by atoms with Crippen LogP contribution >= 0.6 is 0 Å². The fraction of sp³-hybridized carbons (Fsp3) is 0.412. The van der Waals surface area contributed by atoms with E-state index >= 15 is 0 Å². The zero-order valence-electron chi connectivity index (χ0n) is 24.3. The third-order valence-electron chi connectivity index (χ3n) is 7.01. The lowest BCUT2D eigenvalue weighted by molar-refractivity contribution is -0.0880. The first-order valence-corrected chi connectivity index (χ1v) is 14.1. The summed E-state index contributed by atoms with van der Waals surface area (Å²) in [7, 11) is 0. The Morgan fingerprint density at radius 1 is 0.805 bits per heavy atom. The highest BCUT2D eigenvalue weighted by molar-refractivity contribution is 5.70. The summed E-state index contributed by atoms with van der Waals surface area (Å²) in [5.41, 5.74) is 2.29. The summed E-state index contributed by atoms with van der Waals surface area (Å²) in [6, 6.07) is 30.8. The molecule has 1 heterocycles. The van der Waals surface area contributed by atoms with Gasteiger partial charge in [0.2, 0.25) is 0 Å². The Kier molecular flexibility index (Phi) is 10.5. The first kappa shape index (κ1) is 30.3. The number of likely N-dealkylation sites (tertiary alicyclic amines) is 1. The molecule has 1 aliphatic heterocycles. The first-order chi connectivity index (χ1) is 19.8. The van der Waals surface area contributed by atoms with Gasteiger partial charge in [0, 0.05) is 0 Å². The molecule has 7 heteroatoms. The number of hydrogen-bond acceptors (Lipinski definition) is 6. The number of nitrogens with zero attached hydrogens (tertiary/aromatic N) is 2. The first-order valence-electron chi connectivity index (χ1n) is 14.1. The zero-order valence-corrected chi connectivity index (χ0v) is 24.3. The summed E-state index contributed by atoms with van der Waals surface area (Å²) in [6.45, 7) is 8.49. The van der Waals surface area contributed by atoms with Crippen LogP contribution in [0.1, 0.15) is 44.4 Å². The van der Waals surface area contributed by atoms with Crippen molar-refractivity contribution in [2.75, 3.05) is 6.61 Å². The fourth-order valence-electron chi connectivity index (χ4n) is 5.10. The standard InChI is InChI=1S/C34H40N2O5/c1-25(20-35)30-32(40-23-28-18-12-7-13-19-28)31(39-22-27-16-10-6-11-17-27)29(36(30)33(37)41-34(2,3)4)24-38-21-26-14-8-5-9-15-26/h5-19,25,29-32H,21-24H2,1-4H3/t25?,29-,30-,31+,32-/m1/s1. The number of benzene rings is 3. The predicted octanol–water partition coefficient (Wildman–Crippen LogP) is 6.52. The quantitative estimate of drug-likeness (QED) is 0.267. The molecule has 1 saturated heterocycles. The molecule has 0 radical (unpaired) electrons.